The molecule has 2 unspecified atom stereocenters. The first-order chi connectivity index (χ1) is 8.49. The third-order valence-corrected chi connectivity index (χ3v) is 4.14. The molecule has 1 fully saturated rings. The highest BCUT2D eigenvalue weighted by Crippen LogP contribution is 2.32. The van der Waals surface area contributed by atoms with Gasteiger partial charge >= 0.3 is 0 Å². The Morgan fingerprint density at radius 2 is 2.11 bits per heavy atom. The van der Waals surface area contributed by atoms with E-state index in [1.54, 1.807) is 0 Å². The van der Waals surface area contributed by atoms with Gasteiger partial charge in [-0.3, -0.25) is 4.90 Å². The SMILES string of the molecule is CC(c1cc(F)c(Cl)cc1Cl)N1CCCC(N)C1. The number of benzene rings is 1. The molecule has 2 rings (SSSR count). The Morgan fingerprint density at radius 3 is 2.78 bits per heavy atom. The highest BCUT2D eigenvalue weighted by atomic mass is 35.5. The first-order valence-electron chi connectivity index (χ1n) is 6.13. The topological polar surface area (TPSA) is 29.3 Å². The third kappa shape index (κ3) is 2.97. The van der Waals surface area contributed by atoms with E-state index < -0.39 is 5.82 Å². The number of hydrogen-bond donors (Lipinski definition) is 1. The van der Waals surface area contributed by atoms with Crippen LogP contribution in [-0.4, -0.2) is 24.0 Å². The van der Waals surface area contributed by atoms with E-state index in [1.165, 1.54) is 12.1 Å². The molecule has 2 nitrogen and oxygen atoms in total. The zero-order chi connectivity index (χ0) is 13.3. The molecule has 0 radical (unpaired) electrons. The lowest BCUT2D eigenvalue weighted by Gasteiger charge is -2.36. The minimum absolute atomic E-state index is 0.0515. The van der Waals surface area contributed by atoms with Crippen molar-refractivity contribution in [3.8, 4) is 0 Å². The zero-order valence-corrected chi connectivity index (χ0v) is 11.8. The van der Waals surface area contributed by atoms with Gasteiger partial charge in [0.05, 0.1) is 5.02 Å². The molecule has 1 aromatic carbocycles. The molecular formula is C13H17Cl2FN2. The summed E-state index contributed by atoms with van der Waals surface area (Å²) in [7, 11) is 0. The molecule has 0 spiro atoms. The second-order valence-corrected chi connectivity index (χ2v) is 5.68. The average Bonchev–Trinajstić information content (AvgIpc) is 2.33. The van der Waals surface area contributed by atoms with Gasteiger partial charge < -0.3 is 5.73 Å². The molecule has 100 valence electrons. The molecule has 0 amide bonds. The minimum Gasteiger partial charge on any atom is -0.327 e. The molecular weight excluding hydrogens is 274 g/mol. The van der Waals surface area contributed by atoms with Gasteiger partial charge in [0.25, 0.3) is 0 Å². The molecule has 1 aromatic rings. The van der Waals surface area contributed by atoms with Gasteiger partial charge in [-0.25, -0.2) is 4.39 Å². The van der Waals surface area contributed by atoms with Crippen LogP contribution in [0.3, 0.4) is 0 Å². The average molecular weight is 291 g/mol. The van der Waals surface area contributed by atoms with Crippen LogP contribution in [0.5, 0.6) is 0 Å². The second-order valence-electron chi connectivity index (χ2n) is 4.86. The predicted molar refractivity (Wildman–Crippen MR) is 73.6 cm³/mol. The Labute approximate surface area is 117 Å². The molecule has 1 heterocycles. The Morgan fingerprint density at radius 1 is 1.39 bits per heavy atom. The van der Waals surface area contributed by atoms with Crippen LogP contribution in [0.25, 0.3) is 0 Å². The minimum atomic E-state index is -0.427. The van der Waals surface area contributed by atoms with Crippen molar-refractivity contribution in [2.24, 2.45) is 5.73 Å². The Balaban J connectivity index is 2.22. The first kappa shape index (κ1) is 14.1. The molecule has 2 atom stereocenters. The molecule has 1 saturated heterocycles. The fourth-order valence-corrected chi connectivity index (χ4v) is 2.99. The number of piperidine rings is 1. The highest BCUT2D eigenvalue weighted by molar-refractivity contribution is 6.35. The summed E-state index contributed by atoms with van der Waals surface area (Å²) in [6.07, 6.45) is 2.12. The van der Waals surface area contributed by atoms with E-state index in [2.05, 4.69) is 4.90 Å². The fourth-order valence-electron chi connectivity index (χ4n) is 2.45. The van der Waals surface area contributed by atoms with Gasteiger partial charge in [-0.2, -0.15) is 0 Å². The van der Waals surface area contributed by atoms with Gasteiger partial charge in [-0.05, 0) is 44.0 Å². The summed E-state index contributed by atoms with van der Waals surface area (Å²) in [4.78, 5) is 2.24. The van der Waals surface area contributed by atoms with E-state index in [1.807, 2.05) is 6.92 Å². The third-order valence-electron chi connectivity index (χ3n) is 3.53. The van der Waals surface area contributed by atoms with E-state index in [4.69, 9.17) is 28.9 Å². The number of likely N-dealkylation sites (tertiary alicyclic amines) is 1. The maximum Gasteiger partial charge on any atom is 0.142 e. The quantitative estimate of drug-likeness (QED) is 0.843. The number of halogens is 3. The lowest BCUT2D eigenvalue weighted by Crippen LogP contribution is -2.43. The van der Waals surface area contributed by atoms with Crippen LogP contribution >= 0.6 is 23.2 Å². The summed E-state index contributed by atoms with van der Waals surface area (Å²) >= 11 is 11.8. The van der Waals surface area contributed by atoms with Crippen molar-refractivity contribution in [1.82, 2.24) is 4.90 Å². The smallest absolute Gasteiger partial charge is 0.142 e. The van der Waals surface area contributed by atoms with Gasteiger partial charge in [-0.1, -0.05) is 23.2 Å². The monoisotopic (exact) mass is 290 g/mol. The summed E-state index contributed by atoms with van der Waals surface area (Å²) in [5.74, 6) is -0.427. The lowest BCUT2D eigenvalue weighted by atomic mass is 10.0. The molecule has 18 heavy (non-hydrogen) atoms. The van der Waals surface area contributed by atoms with E-state index in [0.717, 1.165) is 31.5 Å². The molecule has 0 bridgehead atoms. The van der Waals surface area contributed by atoms with E-state index >= 15 is 0 Å². The van der Waals surface area contributed by atoms with Crippen molar-refractivity contribution < 1.29 is 4.39 Å². The van der Waals surface area contributed by atoms with Crippen molar-refractivity contribution in [2.45, 2.75) is 31.8 Å². The standard InChI is InChI=1S/C13H17Cl2FN2/c1-8(18-4-2-3-9(17)7-18)10-5-13(16)12(15)6-11(10)14/h5-6,8-9H,2-4,7,17H2,1H3. The van der Waals surface area contributed by atoms with E-state index in [0.29, 0.717) is 5.02 Å². The highest BCUT2D eigenvalue weighted by Gasteiger charge is 2.24. The molecule has 5 heteroatoms. The normalized spacial score (nSPS) is 23.1. The van der Waals surface area contributed by atoms with Crippen LogP contribution < -0.4 is 5.73 Å². The first-order valence-corrected chi connectivity index (χ1v) is 6.88. The van der Waals surface area contributed by atoms with Gasteiger partial charge in [0.1, 0.15) is 5.82 Å². The van der Waals surface area contributed by atoms with Crippen LogP contribution in [0, 0.1) is 5.82 Å². The predicted octanol–water partition coefficient (Wildman–Crippen LogP) is 3.62. The van der Waals surface area contributed by atoms with E-state index in [9.17, 15) is 4.39 Å². The van der Waals surface area contributed by atoms with Crippen molar-refractivity contribution >= 4 is 23.2 Å². The number of nitrogens with two attached hydrogens (primary N) is 1. The molecule has 2 N–H and O–H groups in total. The van der Waals surface area contributed by atoms with E-state index in [-0.39, 0.29) is 17.1 Å². The molecule has 0 aliphatic carbocycles. The van der Waals surface area contributed by atoms with Gasteiger partial charge in [0.15, 0.2) is 0 Å². The summed E-state index contributed by atoms with van der Waals surface area (Å²) in [5, 5.41) is 0.569. The fraction of sp³-hybridized carbons (Fsp3) is 0.538. The lowest BCUT2D eigenvalue weighted by molar-refractivity contribution is 0.159. The summed E-state index contributed by atoms with van der Waals surface area (Å²) in [6.45, 7) is 3.81. The molecule has 1 aliphatic rings. The Kier molecular flexibility index (Phi) is 4.49. The molecule has 0 saturated carbocycles. The van der Waals surface area contributed by atoms with Crippen LogP contribution in [0.4, 0.5) is 4.39 Å². The van der Waals surface area contributed by atoms with Crippen LogP contribution in [0.15, 0.2) is 12.1 Å². The van der Waals surface area contributed by atoms with Crippen molar-refractivity contribution in [1.29, 1.82) is 0 Å². The number of rotatable bonds is 2. The van der Waals surface area contributed by atoms with Crippen LogP contribution in [-0.2, 0) is 0 Å². The van der Waals surface area contributed by atoms with Crippen LogP contribution in [0.1, 0.15) is 31.4 Å². The second kappa shape index (κ2) is 5.74. The molecule has 0 aromatic heterocycles. The van der Waals surface area contributed by atoms with Crippen molar-refractivity contribution in [2.75, 3.05) is 13.1 Å². The van der Waals surface area contributed by atoms with Crippen LogP contribution in [0.2, 0.25) is 10.0 Å². The van der Waals surface area contributed by atoms with Gasteiger partial charge in [0.2, 0.25) is 0 Å². The number of hydrogen-bond acceptors (Lipinski definition) is 2. The van der Waals surface area contributed by atoms with Crippen molar-refractivity contribution in [3.05, 3.63) is 33.6 Å². The maximum atomic E-state index is 13.5. The maximum absolute atomic E-state index is 13.5. The number of nitrogens with zero attached hydrogens (tertiary/aromatic N) is 1. The zero-order valence-electron chi connectivity index (χ0n) is 10.3. The Bertz CT molecular complexity index is 439. The van der Waals surface area contributed by atoms with Gasteiger partial charge in [-0.15, -0.1) is 0 Å². The van der Waals surface area contributed by atoms with Crippen molar-refractivity contribution in [3.63, 3.8) is 0 Å². The summed E-state index contributed by atoms with van der Waals surface area (Å²) in [5.41, 5.74) is 6.73. The Hall–Kier alpha value is -0.350. The summed E-state index contributed by atoms with van der Waals surface area (Å²) < 4.78 is 13.5. The largest absolute Gasteiger partial charge is 0.327 e. The molecule has 1 aliphatic heterocycles. The van der Waals surface area contributed by atoms with Gasteiger partial charge in [0, 0.05) is 23.7 Å². The summed E-state index contributed by atoms with van der Waals surface area (Å²) in [6, 6.07) is 3.14.